The van der Waals surface area contributed by atoms with Crippen molar-refractivity contribution in [3.05, 3.63) is 41.8 Å². The molecule has 5 nitrogen and oxygen atoms in total. The molecular weight excluding hydrogens is 338 g/mol. The highest BCUT2D eigenvalue weighted by Crippen LogP contribution is 2.23. The number of nitrogens with zero attached hydrogens (tertiary/aromatic N) is 1. The van der Waals surface area contributed by atoms with Gasteiger partial charge in [0.05, 0.1) is 4.90 Å². The molecule has 0 bridgehead atoms. The van der Waals surface area contributed by atoms with Crippen molar-refractivity contribution in [3.8, 4) is 0 Å². The van der Waals surface area contributed by atoms with E-state index in [4.69, 9.17) is 4.74 Å². The van der Waals surface area contributed by atoms with Crippen LogP contribution in [0.5, 0.6) is 0 Å². The van der Waals surface area contributed by atoms with E-state index in [1.165, 1.54) is 5.41 Å². The molecule has 1 unspecified atom stereocenters. The topological polar surface area (TPSA) is 63.7 Å². The molecule has 1 aliphatic heterocycles. The molecule has 0 saturated carbocycles. The van der Waals surface area contributed by atoms with Crippen LogP contribution in [0.15, 0.2) is 46.7 Å². The fourth-order valence-electron chi connectivity index (χ4n) is 2.83. The Morgan fingerprint density at radius 1 is 1.24 bits per heavy atom. The van der Waals surface area contributed by atoms with Crippen molar-refractivity contribution >= 4 is 15.9 Å². The van der Waals surface area contributed by atoms with Gasteiger partial charge in [-0.15, -0.1) is 0 Å². The molecule has 138 valence electrons. The molecule has 0 N–H and O–H groups in total. The Morgan fingerprint density at radius 3 is 2.56 bits per heavy atom. The molecule has 1 fully saturated rings. The van der Waals surface area contributed by atoms with Crippen LogP contribution in [0.2, 0.25) is 0 Å². The first-order chi connectivity index (χ1) is 11.7. The van der Waals surface area contributed by atoms with Crippen LogP contribution < -0.4 is 0 Å². The SMILES string of the molecule is CC(C)(C)OC(=O)N1CCCCC1C/C=C\S(=O)(=O)c1ccccc1. The lowest BCUT2D eigenvalue weighted by atomic mass is 10.00. The van der Waals surface area contributed by atoms with E-state index in [9.17, 15) is 13.2 Å². The van der Waals surface area contributed by atoms with E-state index in [-0.39, 0.29) is 17.0 Å². The summed E-state index contributed by atoms with van der Waals surface area (Å²) < 4.78 is 30.0. The van der Waals surface area contributed by atoms with Crippen LogP contribution >= 0.6 is 0 Å². The quantitative estimate of drug-likeness (QED) is 0.804. The summed E-state index contributed by atoms with van der Waals surface area (Å²) in [5, 5.41) is 1.24. The van der Waals surface area contributed by atoms with Gasteiger partial charge >= 0.3 is 6.09 Å². The summed E-state index contributed by atoms with van der Waals surface area (Å²) in [6.07, 6.45) is 4.66. The molecule has 1 aromatic carbocycles. The predicted octanol–water partition coefficient (Wildman–Crippen LogP) is 4.15. The molecule has 0 aliphatic carbocycles. The van der Waals surface area contributed by atoms with Crippen LogP contribution in [-0.2, 0) is 14.6 Å². The number of carbonyl (C=O) groups excluding carboxylic acids is 1. The van der Waals surface area contributed by atoms with Crippen LogP contribution in [0.3, 0.4) is 0 Å². The minimum Gasteiger partial charge on any atom is -0.444 e. The van der Waals surface area contributed by atoms with Gasteiger partial charge in [-0.2, -0.15) is 0 Å². The van der Waals surface area contributed by atoms with Crippen molar-refractivity contribution in [2.75, 3.05) is 6.54 Å². The summed E-state index contributed by atoms with van der Waals surface area (Å²) in [5.74, 6) is 0. The third-order valence-corrected chi connectivity index (χ3v) is 5.49. The van der Waals surface area contributed by atoms with Gasteiger partial charge < -0.3 is 9.64 Å². The maximum atomic E-state index is 12.4. The van der Waals surface area contributed by atoms with E-state index in [1.807, 2.05) is 20.8 Å². The van der Waals surface area contributed by atoms with Gasteiger partial charge in [0.25, 0.3) is 0 Å². The van der Waals surface area contributed by atoms with Crippen molar-refractivity contribution in [2.45, 2.75) is 63.0 Å². The molecule has 2 rings (SSSR count). The molecule has 0 radical (unpaired) electrons. The van der Waals surface area contributed by atoms with Gasteiger partial charge in [-0.05, 0) is 58.6 Å². The highest BCUT2D eigenvalue weighted by molar-refractivity contribution is 7.94. The standard InChI is InChI=1S/C19H27NO4S/c1-19(2,3)24-18(21)20-14-8-7-10-16(20)11-9-15-25(22,23)17-12-5-4-6-13-17/h4-6,9,12-13,15-16H,7-8,10-11,14H2,1-3H3/b15-9-. The Hall–Kier alpha value is -1.82. The van der Waals surface area contributed by atoms with Crippen molar-refractivity contribution in [1.29, 1.82) is 0 Å². The van der Waals surface area contributed by atoms with Crippen LogP contribution in [0.1, 0.15) is 46.5 Å². The number of ether oxygens (including phenoxy) is 1. The molecule has 25 heavy (non-hydrogen) atoms. The number of carbonyl (C=O) groups is 1. The number of amides is 1. The third-order valence-electron chi connectivity index (χ3n) is 4.01. The molecule has 1 atom stereocenters. The molecule has 1 saturated heterocycles. The van der Waals surface area contributed by atoms with E-state index in [0.29, 0.717) is 13.0 Å². The number of sulfone groups is 1. The van der Waals surface area contributed by atoms with Crippen molar-refractivity contribution < 1.29 is 17.9 Å². The summed E-state index contributed by atoms with van der Waals surface area (Å²) in [6, 6.07) is 8.31. The first-order valence-corrected chi connectivity index (χ1v) is 10.2. The highest BCUT2D eigenvalue weighted by Gasteiger charge is 2.29. The van der Waals surface area contributed by atoms with E-state index < -0.39 is 15.4 Å². The summed E-state index contributed by atoms with van der Waals surface area (Å²) >= 11 is 0. The first kappa shape index (κ1) is 19.5. The van der Waals surface area contributed by atoms with Crippen LogP contribution in [0.25, 0.3) is 0 Å². The first-order valence-electron chi connectivity index (χ1n) is 8.65. The second-order valence-electron chi connectivity index (χ2n) is 7.29. The summed E-state index contributed by atoms with van der Waals surface area (Å²) in [4.78, 5) is 14.4. The van der Waals surface area contributed by atoms with Gasteiger partial charge in [-0.3, -0.25) is 0 Å². The van der Waals surface area contributed by atoms with Crippen LogP contribution in [0.4, 0.5) is 4.79 Å². The highest BCUT2D eigenvalue weighted by atomic mass is 32.2. The predicted molar refractivity (Wildman–Crippen MR) is 98.0 cm³/mol. The van der Waals surface area contributed by atoms with Gasteiger partial charge in [0.1, 0.15) is 5.60 Å². The van der Waals surface area contributed by atoms with Crippen LogP contribution in [-0.4, -0.2) is 37.6 Å². The van der Waals surface area contributed by atoms with Gasteiger partial charge in [0, 0.05) is 18.0 Å². The molecule has 1 amide bonds. The Balaban J connectivity index is 2.03. The molecule has 1 heterocycles. The van der Waals surface area contributed by atoms with Crippen LogP contribution in [0, 0.1) is 0 Å². The van der Waals surface area contributed by atoms with Gasteiger partial charge in [0.2, 0.25) is 0 Å². The summed E-state index contributed by atoms with van der Waals surface area (Å²) in [6.45, 7) is 6.18. The lowest BCUT2D eigenvalue weighted by molar-refractivity contribution is 0.0102. The van der Waals surface area contributed by atoms with Crippen molar-refractivity contribution in [2.24, 2.45) is 0 Å². The molecule has 1 aromatic rings. The zero-order chi connectivity index (χ0) is 18.5. The van der Waals surface area contributed by atoms with Gasteiger partial charge in [-0.1, -0.05) is 24.3 Å². The van der Waals surface area contributed by atoms with E-state index in [0.717, 1.165) is 19.3 Å². The molecular formula is C19H27NO4S. The third kappa shape index (κ3) is 5.88. The van der Waals surface area contributed by atoms with Crippen molar-refractivity contribution in [1.82, 2.24) is 4.90 Å². The normalized spacial score (nSPS) is 19.2. The molecule has 0 aromatic heterocycles. The van der Waals surface area contributed by atoms with E-state index >= 15 is 0 Å². The average molecular weight is 365 g/mol. The monoisotopic (exact) mass is 365 g/mol. The number of hydrogen-bond acceptors (Lipinski definition) is 4. The largest absolute Gasteiger partial charge is 0.444 e. The molecule has 1 aliphatic rings. The zero-order valence-electron chi connectivity index (χ0n) is 15.1. The minimum atomic E-state index is -3.44. The Morgan fingerprint density at radius 2 is 1.92 bits per heavy atom. The van der Waals surface area contributed by atoms with Gasteiger partial charge in [-0.25, -0.2) is 13.2 Å². The summed E-state index contributed by atoms with van der Waals surface area (Å²) in [7, 11) is -3.44. The minimum absolute atomic E-state index is 0.0224. The van der Waals surface area contributed by atoms with E-state index in [1.54, 1.807) is 41.3 Å². The van der Waals surface area contributed by atoms with Gasteiger partial charge in [0.15, 0.2) is 9.84 Å². The fourth-order valence-corrected chi connectivity index (χ4v) is 3.89. The zero-order valence-corrected chi connectivity index (χ0v) is 16.0. The number of rotatable bonds is 4. The number of benzene rings is 1. The Labute approximate surface area is 150 Å². The van der Waals surface area contributed by atoms with Crippen molar-refractivity contribution in [3.63, 3.8) is 0 Å². The maximum absolute atomic E-state index is 12.4. The lowest BCUT2D eigenvalue weighted by Crippen LogP contribution is -2.45. The fraction of sp³-hybridized carbons (Fsp3) is 0.526. The smallest absolute Gasteiger partial charge is 0.410 e. The second kappa shape index (κ2) is 8.04. The number of likely N-dealkylation sites (tertiary alicyclic amines) is 1. The molecule has 0 spiro atoms. The average Bonchev–Trinajstić information content (AvgIpc) is 2.54. The molecule has 6 heteroatoms. The number of hydrogen-bond donors (Lipinski definition) is 0. The maximum Gasteiger partial charge on any atom is 0.410 e. The lowest BCUT2D eigenvalue weighted by Gasteiger charge is -2.36. The number of piperidine rings is 1. The second-order valence-corrected chi connectivity index (χ2v) is 9.12. The Kier molecular flexibility index (Phi) is 6.27. The Bertz CT molecular complexity index is 705. The summed E-state index contributed by atoms with van der Waals surface area (Å²) in [5.41, 5.74) is -0.536. The van der Waals surface area contributed by atoms with E-state index in [2.05, 4.69) is 0 Å².